The molecule has 1 aromatic rings. The molecule has 2 fully saturated rings. The van der Waals surface area contributed by atoms with Crippen LogP contribution in [0, 0.1) is 0 Å². The average molecular weight is 360 g/mol. The molecular formula is C21H33N3O2. The molecule has 3 rings (SSSR count). The number of nitrogens with zero attached hydrogens (tertiary/aromatic N) is 2. The van der Waals surface area contributed by atoms with Gasteiger partial charge in [0, 0.05) is 31.4 Å². The number of carbonyl (C=O) groups excluding carboxylic acids is 1. The molecule has 0 spiro atoms. The van der Waals surface area contributed by atoms with Crippen molar-refractivity contribution in [2.75, 3.05) is 31.1 Å². The highest BCUT2D eigenvalue weighted by atomic mass is 16.5. The monoisotopic (exact) mass is 359 g/mol. The zero-order chi connectivity index (χ0) is 18.7. The first-order valence-electron chi connectivity index (χ1n) is 9.93. The van der Waals surface area contributed by atoms with E-state index in [1.807, 2.05) is 25.7 Å². The summed E-state index contributed by atoms with van der Waals surface area (Å²) in [5.41, 5.74) is 2.41. The highest BCUT2D eigenvalue weighted by molar-refractivity contribution is 5.74. The first kappa shape index (κ1) is 19.0. The molecule has 0 aliphatic carbocycles. The van der Waals surface area contributed by atoms with Crippen LogP contribution >= 0.6 is 0 Å². The molecule has 1 N–H and O–H groups in total. The number of hydrogen-bond acceptors (Lipinski definition) is 3. The number of amides is 2. The van der Waals surface area contributed by atoms with Gasteiger partial charge in [-0.05, 0) is 57.7 Å². The SMILES string of the molecule is CCc1cccc(N2CCC(NC(=O)N3C[C@H](C)OC(C)(C)C3)CC2)c1. The summed E-state index contributed by atoms with van der Waals surface area (Å²) in [6.45, 7) is 11.6. The lowest BCUT2D eigenvalue weighted by Crippen LogP contribution is -2.58. The van der Waals surface area contributed by atoms with Crippen LogP contribution in [0.2, 0.25) is 0 Å². The molecule has 2 aliphatic rings. The van der Waals surface area contributed by atoms with E-state index in [0.29, 0.717) is 13.1 Å². The molecule has 2 aliphatic heterocycles. The van der Waals surface area contributed by atoms with Gasteiger partial charge in [0.1, 0.15) is 0 Å². The van der Waals surface area contributed by atoms with Gasteiger partial charge in [0.25, 0.3) is 0 Å². The van der Waals surface area contributed by atoms with Crippen molar-refractivity contribution in [3.05, 3.63) is 29.8 Å². The van der Waals surface area contributed by atoms with Gasteiger partial charge in [0.15, 0.2) is 0 Å². The Morgan fingerprint density at radius 1 is 1.31 bits per heavy atom. The Morgan fingerprint density at radius 2 is 2.04 bits per heavy atom. The highest BCUT2D eigenvalue weighted by Crippen LogP contribution is 2.23. The van der Waals surface area contributed by atoms with Gasteiger partial charge in [-0.3, -0.25) is 0 Å². The van der Waals surface area contributed by atoms with Crippen LogP contribution < -0.4 is 10.2 Å². The van der Waals surface area contributed by atoms with Crippen molar-refractivity contribution < 1.29 is 9.53 Å². The molecule has 5 nitrogen and oxygen atoms in total. The molecule has 0 aromatic heterocycles. The number of piperidine rings is 1. The first-order valence-corrected chi connectivity index (χ1v) is 9.93. The topological polar surface area (TPSA) is 44.8 Å². The maximum Gasteiger partial charge on any atom is 0.317 e. The third-order valence-corrected chi connectivity index (χ3v) is 5.36. The van der Waals surface area contributed by atoms with Crippen LogP contribution in [-0.4, -0.2) is 54.9 Å². The quantitative estimate of drug-likeness (QED) is 0.899. The lowest BCUT2D eigenvalue weighted by molar-refractivity contribution is -0.117. The maximum atomic E-state index is 12.7. The molecule has 1 aromatic carbocycles. The number of ether oxygens (including phenoxy) is 1. The number of anilines is 1. The van der Waals surface area contributed by atoms with Gasteiger partial charge in [0.05, 0.1) is 18.2 Å². The van der Waals surface area contributed by atoms with E-state index in [2.05, 4.69) is 41.4 Å². The van der Waals surface area contributed by atoms with E-state index in [1.165, 1.54) is 11.3 Å². The predicted octanol–water partition coefficient (Wildman–Crippen LogP) is 3.43. The van der Waals surface area contributed by atoms with Crippen molar-refractivity contribution in [1.29, 1.82) is 0 Å². The summed E-state index contributed by atoms with van der Waals surface area (Å²) in [6.07, 6.45) is 3.13. The molecule has 0 radical (unpaired) electrons. The zero-order valence-electron chi connectivity index (χ0n) is 16.6. The number of benzene rings is 1. The van der Waals surface area contributed by atoms with Crippen LogP contribution in [0.15, 0.2) is 24.3 Å². The number of morpholine rings is 1. The lowest BCUT2D eigenvalue weighted by atomic mass is 10.0. The van der Waals surface area contributed by atoms with Crippen LogP contribution in [0.5, 0.6) is 0 Å². The van der Waals surface area contributed by atoms with E-state index in [9.17, 15) is 4.79 Å². The summed E-state index contributed by atoms with van der Waals surface area (Å²) in [5.74, 6) is 0. The molecule has 2 heterocycles. The molecule has 26 heavy (non-hydrogen) atoms. The number of nitrogens with one attached hydrogen (secondary N) is 1. The third-order valence-electron chi connectivity index (χ3n) is 5.36. The molecule has 144 valence electrons. The fraction of sp³-hybridized carbons (Fsp3) is 0.667. The standard InChI is InChI=1S/C21H33N3O2/c1-5-17-7-6-8-19(13-17)23-11-9-18(10-12-23)22-20(25)24-14-16(2)26-21(3,4)15-24/h6-8,13,16,18H,5,9-12,14-15H2,1-4H3,(H,22,25)/t16-/m0/s1. The Hall–Kier alpha value is -1.75. The highest BCUT2D eigenvalue weighted by Gasteiger charge is 2.34. The van der Waals surface area contributed by atoms with Crippen molar-refractivity contribution in [3.63, 3.8) is 0 Å². The molecular weight excluding hydrogens is 326 g/mol. The molecule has 0 bridgehead atoms. The first-order chi connectivity index (χ1) is 12.4. The van der Waals surface area contributed by atoms with E-state index in [4.69, 9.17) is 4.74 Å². The van der Waals surface area contributed by atoms with E-state index in [1.54, 1.807) is 0 Å². The Balaban J connectivity index is 1.51. The zero-order valence-corrected chi connectivity index (χ0v) is 16.6. The number of hydrogen-bond donors (Lipinski definition) is 1. The molecule has 0 unspecified atom stereocenters. The van der Waals surface area contributed by atoms with Gasteiger partial charge in [-0.15, -0.1) is 0 Å². The van der Waals surface area contributed by atoms with Crippen molar-refractivity contribution in [2.24, 2.45) is 0 Å². The minimum absolute atomic E-state index is 0.0552. The number of carbonyl (C=O) groups is 1. The Labute approximate surface area is 157 Å². The summed E-state index contributed by atoms with van der Waals surface area (Å²) < 4.78 is 5.90. The van der Waals surface area contributed by atoms with E-state index >= 15 is 0 Å². The molecule has 0 saturated carbocycles. The Morgan fingerprint density at radius 3 is 2.69 bits per heavy atom. The van der Waals surface area contributed by atoms with E-state index in [-0.39, 0.29) is 23.8 Å². The third kappa shape index (κ3) is 4.70. The van der Waals surface area contributed by atoms with Gasteiger partial charge < -0.3 is 19.9 Å². The largest absolute Gasteiger partial charge is 0.371 e. The van der Waals surface area contributed by atoms with Gasteiger partial charge in [-0.25, -0.2) is 4.79 Å². The summed E-state index contributed by atoms with van der Waals surface area (Å²) in [5, 5.41) is 3.25. The second-order valence-electron chi connectivity index (χ2n) is 8.30. The summed E-state index contributed by atoms with van der Waals surface area (Å²) in [6, 6.07) is 9.12. The van der Waals surface area contributed by atoms with Crippen molar-refractivity contribution in [2.45, 2.75) is 64.7 Å². The van der Waals surface area contributed by atoms with Crippen LogP contribution in [-0.2, 0) is 11.2 Å². The molecule has 1 atom stereocenters. The van der Waals surface area contributed by atoms with Gasteiger partial charge >= 0.3 is 6.03 Å². The van der Waals surface area contributed by atoms with Crippen molar-refractivity contribution in [3.8, 4) is 0 Å². The minimum atomic E-state index is -0.275. The predicted molar refractivity (Wildman–Crippen MR) is 106 cm³/mol. The van der Waals surface area contributed by atoms with Gasteiger partial charge in [-0.2, -0.15) is 0 Å². The van der Waals surface area contributed by atoms with E-state index in [0.717, 1.165) is 32.4 Å². The van der Waals surface area contributed by atoms with Gasteiger partial charge in [0.2, 0.25) is 0 Å². The van der Waals surface area contributed by atoms with Crippen LogP contribution in [0.4, 0.5) is 10.5 Å². The molecule has 5 heteroatoms. The summed E-state index contributed by atoms with van der Waals surface area (Å²) in [4.78, 5) is 17.0. The van der Waals surface area contributed by atoms with Crippen LogP contribution in [0.3, 0.4) is 0 Å². The number of urea groups is 1. The fourth-order valence-corrected chi connectivity index (χ4v) is 4.13. The molecule has 2 saturated heterocycles. The fourth-order valence-electron chi connectivity index (χ4n) is 4.13. The normalized spacial score (nSPS) is 23.8. The van der Waals surface area contributed by atoms with Crippen molar-refractivity contribution in [1.82, 2.24) is 10.2 Å². The smallest absolute Gasteiger partial charge is 0.317 e. The Kier molecular flexibility index (Phi) is 5.76. The Bertz CT molecular complexity index is 623. The van der Waals surface area contributed by atoms with E-state index < -0.39 is 0 Å². The summed E-state index contributed by atoms with van der Waals surface area (Å²) in [7, 11) is 0. The van der Waals surface area contributed by atoms with Crippen LogP contribution in [0.1, 0.15) is 46.1 Å². The number of aryl methyl sites for hydroxylation is 1. The second-order valence-corrected chi connectivity index (χ2v) is 8.30. The van der Waals surface area contributed by atoms with Crippen molar-refractivity contribution >= 4 is 11.7 Å². The second kappa shape index (κ2) is 7.87. The lowest BCUT2D eigenvalue weighted by Gasteiger charge is -2.42. The summed E-state index contributed by atoms with van der Waals surface area (Å²) >= 11 is 0. The number of rotatable bonds is 3. The minimum Gasteiger partial charge on any atom is -0.371 e. The van der Waals surface area contributed by atoms with Crippen LogP contribution in [0.25, 0.3) is 0 Å². The van der Waals surface area contributed by atoms with Gasteiger partial charge in [-0.1, -0.05) is 19.1 Å². The maximum absolute atomic E-state index is 12.7. The molecule has 2 amide bonds. The average Bonchev–Trinajstić information content (AvgIpc) is 2.60.